The second-order valence-corrected chi connectivity index (χ2v) is 6.15. The van der Waals surface area contributed by atoms with E-state index in [2.05, 4.69) is 27.9 Å². The van der Waals surface area contributed by atoms with Gasteiger partial charge in [0.25, 0.3) is 0 Å². The predicted molar refractivity (Wildman–Crippen MR) is 106 cm³/mol. The van der Waals surface area contributed by atoms with Crippen LogP contribution in [0.1, 0.15) is 19.4 Å². The Labute approximate surface area is 156 Å². The number of hydrogen-bond donors (Lipinski definition) is 1. The Morgan fingerprint density at radius 1 is 1.04 bits per heavy atom. The van der Waals surface area contributed by atoms with Gasteiger partial charge < -0.3 is 14.8 Å². The van der Waals surface area contributed by atoms with Crippen LogP contribution < -0.4 is 14.8 Å². The van der Waals surface area contributed by atoms with Crippen LogP contribution >= 0.6 is 22.6 Å². The van der Waals surface area contributed by atoms with Gasteiger partial charge in [-0.1, -0.05) is 6.07 Å². The standard InChI is InChI=1S/C19H20INO3/c1-3-23-17-11-5-14(13-18(17)24-4-2)6-12-19(22)21-16-9-7-15(20)8-10-16/h5-13H,3-4H2,1-2H3,(H,21,22). The predicted octanol–water partition coefficient (Wildman–Crippen LogP) is 4.74. The van der Waals surface area contributed by atoms with Crippen molar-refractivity contribution in [3.8, 4) is 11.5 Å². The molecule has 0 aromatic heterocycles. The van der Waals surface area contributed by atoms with Gasteiger partial charge in [-0.2, -0.15) is 0 Å². The number of nitrogens with one attached hydrogen (secondary N) is 1. The third-order valence-electron chi connectivity index (χ3n) is 3.11. The van der Waals surface area contributed by atoms with Crippen molar-refractivity contribution in [1.29, 1.82) is 0 Å². The second-order valence-electron chi connectivity index (χ2n) is 4.90. The van der Waals surface area contributed by atoms with Gasteiger partial charge in [-0.05, 0) is 84.5 Å². The van der Waals surface area contributed by atoms with Crippen molar-refractivity contribution in [2.45, 2.75) is 13.8 Å². The third-order valence-corrected chi connectivity index (χ3v) is 3.83. The first-order valence-corrected chi connectivity index (χ1v) is 8.84. The van der Waals surface area contributed by atoms with Crippen molar-refractivity contribution < 1.29 is 14.3 Å². The molecule has 0 unspecified atom stereocenters. The van der Waals surface area contributed by atoms with E-state index in [4.69, 9.17) is 9.47 Å². The molecule has 0 saturated heterocycles. The Morgan fingerprint density at radius 2 is 1.71 bits per heavy atom. The van der Waals surface area contributed by atoms with Crippen LogP contribution in [0.2, 0.25) is 0 Å². The number of anilines is 1. The van der Waals surface area contributed by atoms with Gasteiger partial charge in [0.15, 0.2) is 11.5 Å². The molecule has 0 bridgehead atoms. The molecule has 0 saturated carbocycles. The van der Waals surface area contributed by atoms with Crippen LogP contribution in [0.25, 0.3) is 6.08 Å². The summed E-state index contributed by atoms with van der Waals surface area (Å²) in [7, 11) is 0. The maximum absolute atomic E-state index is 12.0. The summed E-state index contributed by atoms with van der Waals surface area (Å²) in [6, 6.07) is 13.2. The van der Waals surface area contributed by atoms with Crippen molar-refractivity contribution in [1.82, 2.24) is 0 Å². The number of benzene rings is 2. The third kappa shape index (κ3) is 5.56. The number of carbonyl (C=O) groups excluding carboxylic acids is 1. The summed E-state index contributed by atoms with van der Waals surface area (Å²) in [5.74, 6) is 1.21. The molecule has 1 N–H and O–H groups in total. The summed E-state index contributed by atoms with van der Waals surface area (Å²) in [6.45, 7) is 4.99. The van der Waals surface area contributed by atoms with Gasteiger partial charge in [-0.3, -0.25) is 4.79 Å². The first kappa shape index (κ1) is 18.3. The molecule has 2 aromatic rings. The second kappa shape index (κ2) is 9.32. The van der Waals surface area contributed by atoms with E-state index in [-0.39, 0.29) is 5.91 Å². The fourth-order valence-electron chi connectivity index (χ4n) is 2.06. The molecule has 5 heteroatoms. The summed E-state index contributed by atoms with van der Waals surface area (Å²) in [5.41, 5.74) is 1.64. The van der Waals surface area contributed by atoms with Crippen LogP contribution in [0.4, 0.5) is 5.69 Å². The van der Waals surface area contributed by atoms with Crippen molar-refractivity contribution in [2.75, 3.05) is 18.5 Å². The molecule has 4 nitrogen and oxygen atoms in total. The number of halogens is 1. The van der Waals surface area contributed by atoms with E-state index in [0.717, 1.165) is 14.8 Å². The number of rotatable bonds is 7. The molecule has 0 fully saturated rings. The smallest absolute Gasteiger partial charge is 0.248 e. The van der Waals surface area contributed by atoms with E-state index in [1.807, 2.05) is 56.3 Å². The maximum atomic E-state index is 12.0. The Balaban J connectivity index is 2.05. The molecule has 0 heterocycles. The zero-order chi connectivity index (χ0) is 17.4. The Bertz CT molecular complexity index is 711. The summed E-state index contributed by atoms with van der Waals surface area (Å²) in [5, 5.41) is 2.83. The molecule has 0 aliphatic rings. The average molecular weight is 437 g/mol. The van der Waals surface area contributed by atoms with Crippen molar-refractivity contribution in [3.63, 3.8) is 0 Å². The first-order chi connectivity index (χ1) is 11.6. The van der Waals surface area contributed by atoms with Crippen molar-refractivity contribution >= 4 is 40.3 Å². The number of ether oxygens (including phenoxy) is 2. The summed E-state index contributed by atoms with van der Waals surface area (Å²) in [4.78, 5) is 12.0. The minimum atomic E-state index is -0.178. The van der Waals surface area contributed by atoms with Crippen molar-refractivity contribution in [3.05, 3.63) is 57.7 Å². The molecule has 0 spiro atoms. The molecule has 24 heavy (non-hydrogen) atoms. The van der Waals surface area contributed by atoms with Crippen LogP contribution in [0.5, 0.6) is 11.5 Å². The first-order valence-electron chi connectivity index (χ1n) is 7.76. The maximum Gasteiger partial charge on any atom is 0.248 e. The number of carbonyl (C=O) groups is 1. The van der Waals surface area contributed by atoms with Crippen LogP contribution in [-0.2, 0) is 4.79 Å². The van der Waals surface area contributed by atoms with Gasteiger partial charge in [0.2, 0.25) is 5.91 Å². The topological polar surface area (TPSA) is 47.6 Å². The van der Waals surface area contributed by atoms with Crippen LogP contribution in [0, 0.1) is 3.57 Å². The van der Waals surface area contributed by atoms with E-state index in [9.17, 15) is 4.79 Å². The average Bonchev–Trinajstić information content (AvgIpc) is 2.57. The largest absolute Gasteiger partial charge is 0.490 e. The Hall–Kier alpha value is -2.02. The van der Waals surface area contributed by atoms with E-state index in [0.29, 0.717) is 24.7 Å². The molecule has 0 aliphatic carbocycles. The highest BCUT2D eigenvalue weighted by Gasteiger charge is 2.05. The zero-order valence-corrected chi connectivity index (χ0v) is 15.9. The highest BCUT2D eigenvalue weighted by molar-refractivity contribution is 14.1. The van der Waals surface area contributed by atoms with Crippen LogP contribution in [0.15, 0.2) is 48.5 Å². The van der Waals surface area contributed by atoms with E-state index < -0.39 is 0 Å². The summed E-state index contributed by atoms with van der Waals surface area (Å²) in [6.07, 6.45) is 3.25. The lowest BCUT2D eigenvalue weighted by molar-refractivity contribution is -0.111. The molecule has 2 aromatic carbocycles. The SMILES string of the molecule is CCOc1ccc(C=CC(=O)Nc2ccc(I)cc2)cc1OCC. The lowest BCUT2D eigenvalue weighted by Crippen LogP contribution is -2.07. The highest BCUT2D eigenvalue weighted by atomic mass is 127. The monoisotopic (exact) mass is 437 g/mol. The quantitative estimate of drug-likeness (QED) is 0.503. The summed E-state index contributed by atoms with van der Waals surface area (Å²) >= 11 is 2.22. The fraction of sp³-hybridized carbons (Fsp3) is 0.211. The fourth-order valence-corrected chi connectivity index (χ4v) is 2.42. The molecule has 0 aliphatic heterocycles. The van der Waals surface area contributed by atoms with Gasteiger partial charge in [-0.25, -0.2) is 0 Å². The van der Waals surface area contributed by atoms with E-state index in [1.165, 1.54) is 6.08 Å². The zero-order valence-electron chi connectivity index (χ0n) is 13.7. The lowest BCUT2D eigenvalue weighted by Gasteiger charge is -2.11. The van der Waals surface area contributed by atoms with Gasteiger partial charge in [-0.15, -0.1) is 0 Å². The van der Waals surface area contributed by atoms with Gasteiger partial charge in [0.05, 0.1) is 13.2 Å². The molecule has 2 rings (SSSR count). The molecule has 1 amide bonds. The molecular weight excluding hydrogens is 417 g/mol. The van der Waals surface area contributed by atoms with Crippen LogP contribution in [0.3, 0.4) is 0 Å². The number of amides is 1. The normalized spacial score (nSPS) is 10.6. The van der Waals surface area contributed by atoms with Gasteiger partial charge >= 0.3 is 0 Å². The Kier molecular flexibility index (Phi) is 7.11. The summed E-state index contributed by atoms with van der Waals surface area (Å²) < 4.78 is 12.2. The van der Waals surface area contributed by atoms with Gasteiger partial charge in [0.1, 0.15) is 0 Å². The van der Waals surface area contributed by atoms with E-state index in [1.54, 1.807) is 6.08 Å². The number of hydrogen-bond acceptors (Lipinski definition) is 3. The van der Waals surface area contributed by atoms with Gasteiger partial charge in [0, 0.05) is 15.3 Å². The Morgan fingerprint density at radius 3 is 2.38 bits per heavy atom. The van der Waals surface area contributed by atoms with E-state index >= 15 is 0 Å². The molecular formula is C19H20INO3. The highest BCUT2D eigenvalue weighted by Crippen LogP contribution is 2.29. The van der Waals surface area contributed by atoms with Crippen molar-refractivity contribution in [2.24, 2.45) is 0 Å². The lowest BCUT2D eigenvalue weighted by atomic mass is 10.2. The van der Waals surface area contributed by atoms with Crippen LogP contribution in [-0.4, -0.2) is 19.1 Å². The minimum absolute atomic E-state index is 0.178. The minimum Gasteiger partial charge on any atom is -0.490 e. The molecule has 0 radical (unpaired) electrons. The molecule has 0 atom stereocenters. The molecule has 126 valence electrons.